The zero-order chi connectivity index (χ0) is 19.3. The summed E-state index contributed by atoms with van der Waals surface area (Å²) in [7, 11) is 1.53. The number of aromatic nitrogens is 1. The van der Waals surface area contributed by atoms with Gasteiger partial charge in [0.05, 0.1) is 12.7 Å². The molecule has 0 saturated heterocycles. The van der Waals surface area contributed by atoms with Crippen molar-refractivity contribution in [2.24, 2.45) is 4.99 Å². The lowest BCUT2D eigenvalue weighted by Gasteiger charge is -2.19. The summed E-state index contributed by atoms with van der Waals surface area (Å²) >= 11 is 1.51. The van der Waals surface area contributed by atoms with E-state index < -0.39 is 0 Å². The molecule has 5 heteroatoms. The molecule has 0 N–H and O–H groups in total. The number of methoxy groups -OCH3 is 1. The smallest absolute Gasteiger partial charge is 0.282 e. The zero-order valence-electron chi connectivity index (χ0n) is 16.1. The number of carbonyl (C=O) groups excluding carboxylic acids is 1. The van der Waals surface area contributed by atoms with E-state index in [2.05, 4.69) is 48.8 Å². The highest BCUT2D eigenvalue weighted by Gasteiger charge is 2.17. The minimum absolute atomic E-state index is 0.0521. The molecule has 0 bridgehead atoms. The van der Waals surface area contributed by atoms with Crippen molar-refractivity contribution < 1.29 is 9.53 Å². The van der Waals surface area contributed by atoms with Gasteiger partial charge in [0.15, 0.2) is 0 Å². The van der Waals surface area contributed by atoms with Crippen LogP contribution in [-0.2, 0) is 12.0 Å². The fourth-order valence-corrected chi connectivity index (χ4v) is 3.49. The molecule has 1 amide bonds. The molecular formula is C21H26N2O2S. The van der Waals surface area contributed by atoms with Gasteiger partial charge in [-0.3, -0.25) is 8.75 Å². The molecule has 0 fully saturated rings. The molecule has 1 aromatic heterocycles. The number of carbonyl (C=O) groups is 1. The summed E-state index contributed by atoms with van der Waals surface area (Å²) in [5.74, 6) is 2.70. The standard InChI is InChI=1S/C21H26N2O2S/c1-7-9-10-16-14-23(21(3,4)5)26-20(16)22-19(24)17-13-15(8-2)11-12-18(17)25-6/h2,11-14H,7,9-10H2,1,3-6H3. The molecule has 1 aromatic carbocycles. The van der Waals surface area contributed by atoms with Crippen molar-refractivity contribution in [3.8, 4) is 18.1 Å². The molecule has 0 aliphatic rings. The van der Waals surface area contributed by atoms with E-state index >= 15 is 0 Å². The van der Waals surface area contributed by atoms with Crippen molar-refractivity contribution >= 4 is 17.4 Å². The summed E-state index contributed by atoms with van der Waals surface area (Å²) in [6.07, 6.45) is 10.6. The Bertz CT molecular complexity index is 892. The number of ether oxygens (including phenoxy) is 1. The molecule has 4 nitrogen and oxygen atoms in total. The first kappa shape index (κ1) is 20.0. The molecule has 0 atom stereocenters. The fourth-order valence-electron chi connectivity index (χ4n) is 2.45. The highest BCUT2D eigenvalue weighted by atomic mass is 32.1. The Morgan fingerprint density at radius 2 is 2.12 bits per heavy atom. The van der Waals surface area contributed by atoms with Crippen molar-refractivity contribution in [3.05, 3.63) is 45.8 Å². The Labute approximate surface area is 159 Å². The van der Waals surface area contributed by atoms with E-state index in [9.17, 15) is 4.79 Å². The fraction of sp³-hybridized carbons (Fsp3) is 0.429. The highest BCUT2D eigenvalue weighted by Crippen LogP contribution is 2.21. The summed E-state index contributed by atoms with van der Waals surface area (Å²) in [5.41, 5.74) is 2.07. The molecule has 138 valence electrons. The minimum Gasteiger partial charge on any atom is -0.496 e. The van der Waals surface area contributed by atoms with E-state index in [0.717, 1.165) is 29.5 Å². The second-order valence-corrected chi connectivity index (χ2v) is 8.09. The summed E-state index contributed by atoms with van der Waals surface area (Å²) in [6.45, 7) is 8.57. The summed E-state index contributed by atoms with van der Waals surface area (Å²) < 4.78 is 8.22. The first-order valence-corrected chi connectivity index (χ1v) is 9.53. The maximum Gasteiger partial charge on any atom is 0.282 e. The van der Waals surface area contributed by atoms with Crippen molar-refractivity contribution in [1.29, 1.82) is 0 Å². The number of hydrogen-bond acceptors (Lipinski definition) is 3. The molecule has 0 aliphatic carbocycles. The highest BCUT2D eigenvalue weighted by molar-refractivity contribution is 7.04. The Hall–Kier alpha value is -2.32. The van der Waals surface area contributed by atoms with Gasteiger partial charge in [0.25, 0.3) is 5.91 Å². The first-order chi connectivity index (χ1) is 12.3. The zero-order valence-corrected chi connectivity index (χ0v) is 16.9. The number of hydrogen-bond donors (Lipinski definition) is 0. The van der Waals surface area contributed by atoms with Crippen LogP contribution in [0.5, 0.6) is 5.75 Å². The van der Waals surface area contributed by atoms with Gasteiger partial charge in [-0.1, -0.05) is 19.3 Å². The van der Waals surface area contributed by atoms with Crippen LogP contribution in [0.15, 0.2) is 29.4 Å². The lowest BCUT2D eigenvalue weighted by Crippen LogP contribution is -2.18. The number of unbranched alkanes of at least 4 members (excludes halogenated alkanes) is 1. The number of benzene rings is 1. The normalized spacial score (nSPS) is 12.1. The Kier molecular flexibility index (Phi) is 6.44. The number of amides is 1. The Morgan fingerprint density at radius 1 is 1.38 bits per heavy atom. The number of nitrogens with zero attached hydrogens (tertiary/aromatic N) is 2. The topological polar surface area (TPSA) is 43.6 Å². The largest absolute Gasteiger partial charge is 0.496 e. The van der Waals surface area contributed by atoms with Crippen LogP contribution in [0.25, 0.3) is 0 Å². The molecule has 0 radical (unpaired) electrons. The van der Waals surface area contributed by atoms with Crippen LogP contribution in [0.1, 0.15) is 62.0 Å². The number of aryl methyl sites for hydroxylation is 1. The van der Waals surface area contributed by atoms with Gasteiger partial charge in [-0.15, -0.1) is 6.42 Å². The molecule has 0 unspecified atom stereocenters. The number of terminal acetylenes is 1. The van der Waals surface area contributed by atoms with Crippen molar-refractivity contribution in [2.75, 3.05) is 7.11 Å². The molecule has 2 aromatic rings. The van der Waals surface area contributed by atoms with Gasteiger partial charge in [-0.25, -0.2) is 0 Å². The average molecular weight is 371 g/mol. The van der Waals surface area contributed by atoms with E-state index in [0.29, 0.717) is 16.9 Å². The predicted molar refractivity (Wildman–Crippen MR) is 107 cm³/mol. The van der Waals surface area contributed by atoms with Crippen LogP contribution < -0.4 is 9.41 Å². The van der Waals surface area contributed by atoms with Gasteiger partial charge in [0.1, 0.15) is 10.4 Å². The second-order valence-electron chi connectivity index (χ2n) is 7.13. The molecular weight excluding hydrogens is 344 g/mol. The third-order valence-corrected chi connectivity index (χ3v) is 5.37. The molecule has 0 saturated carbocycles. The van der Waals surface area contributed by atoms with E-state index in [1.807, 2.05) is 0 Å². The maximum atomic E-state index is 12.8. The predicted octanol–water partition coefficient (Wildman–Crippen LogP) is 4.38. The van der Waals surface area contributed by atoms with Gasteiger partial charge in [-0.05, 0) is 63.3 Å². The monoisotopic (exact) mass is 370 g/mol. The molecule has 0 aliphatic heterocycles. The van der Waals surface area contributed by atoms with Crippen molar-refractivity contribution in [2.45, 2.75) is 52.5 Å². The third kappa shape index (κ3) is 4.64. The van der Waals surface area contributed by atoms with Crippen LogP contribution >= 0.6 is 11.5 Å². The lowest BCUT2D eigenvalue weighted by atomic mass is 10.1. The second kappa shape index (κ2) is 8.37. The molecule has 2 rings (SSSR count). The molecule has 0 spiro atoms. The van der Waals surface area contributed by atoms with Gasteiger partial charge in [0, 0.05) is 22.9 Å². The Morgan fingerprint density at radius 3 is 2.69 bits per heavy atom. The summed E-state index contributed by atoms with van der Waals surface area (Å²) in [5, 5.41) is 0. The Balaban J connectivity index is 2.53. The van der Waals surface area contributed by atoms with E-state index in [1.54, 1.807) is 18.2 Å². The first-order valence-electron chi connectivity index (χ1n) is 8.76. The minimum atomic E-state index is -0.334. The van der Waals surface area contributed by atoms with Crippen LogP contribution in [0.2, 0.25) is 0 Å². The van der Waals surface area contributed by atoms with E-state index in [4.69, 9.17) is 11.2 Å². The number of rotatable bonds is 5. The van der Waals surface area contributed by atoms with Gasteiger partial charge < -0.3 is 4.74 Å². The summed E-state index contributed by atoms with van der Waals surface area (Å²) in [6, 6.07) is 5.11. The van der Waals surface area contributed by atoms with Crippen LogP contribution in [-0.4, -0.2) is 17.0 Å². The van der Waals surface area contributed by atoms with E-state index in [-0.39, 0.29) is 11.4 Å². The molecule has 26 heavy (non-hydrogen) atoms. The average Bonchev–Trinajstić information content (AvgIpc) is 3.02. The SMILES string of the molecule is C#Cc1ccc(OC)c(C(=O)N=c2sn(C(C)(C)C)cc2CCCC)c1. The van der Waals surface area contributed by atoms with Gasteiger partial charge >= 0.3 is 0 Å². The van der Waals surface area contributed by atoms with Crippen molar-refractivity contribution in [1.82, 2.24) is 3.96 Å². The van der Waals surface area contributed by atoms with Gasteiger partial charge in [0.2, 0.25) is 0 Å². The van der Waals surface area contributed by atoms with Crippen LogP contribution in [0.4, 0.5) is 0 Å². The van der Waals surface area contributed by atoms with Gasteiger partial charge in [-0.2, -0.15) is 4.99 Å². The molecule has 1 heterocycles. The van der Waals surface area contributed by atoms with Crippen LogP contribution in [0, 0.1) is 12.3 Å². The third-order valence-electron chi connectivity index (χ3n) is 3.99. The lowest BCUT2D eigenvalue weighted by molar-refractivity contribution is 0.0996. The quantitative estimate of drug-likeness (QED) is 0.733. The maximum absolute atomic E-state index is 12.8. The van der Waals surface area contributed by atoms with Crippen LogP contribution in [0.3, 0.4) is 0 Å². The van der Waals surface area contributed by atoms with E-state index in [1.165, 1.54) is 18.6 Å². The van der Waals surface area contributed by atoms with Crippen molar-refractivity contribution in [3.63, 3.8) is 0 Å². The summed E-state index contributed by atoms with van der Waals surface area (Å²) in [4.78, 5) is 17.2.